The van der Waals surface area contributed by atoms with E-state index in [0.717, 1.165) is 38.7 Å². The van der Waals surface area contributed by atoms with Gasteiger partial charge in [0.2, 0.25) is 5.56 Å². The summed E-state index contributed by atoms with van der Waals surface area (Å²) in [6, 6.07) is 27.9. The van der Waals surface area contributed by atoms with Crippen LogP contribution in [0, 0.1) is 6.92 Å². The fourth-order valence-electron chi connectivity index (χ4n) is 3.60. The van der Waals surface area contributed by atoms with Crippen molar-refractivity contribution in [2.45, 2.75) is 17.8 Å². The second kappa shape index (κ2) is 8.24. The summed E-state index contributed by atoms with van der Waals surface area (Å²) in [5.74, 6) is 1.41. The van der Waals surface area contributed by atoms with Crippen LogP contribution < -0.4 is 5.56 Å². The molecule has 0 radical (unpaired) electrons. The molecule has 0 saturated heterocycles. The van der Waals surface area contributed by atoms with Crippen molar-refractivity contribution in [3.63, 3.8) is 0 Å². The van der Waals surface area contributed by atoms with E-state index in [1.807, 2.05) is 54.6 Å². The normalized spacial score (nSPS) is 11.1. The fraction of sp³-hybridized carbons (Fsp3) is 0.0800. The SMILES string of the molecule is Cc1ccc(-c2nnc(SCc3cc(=O)[nH]c4ccccc34)n2-c2ccccc2)cc1. The number of pyridine rings is 1. The van der Waals surface area contributed by atoms with Gasteiger partial charge in [0.25, 0.3) is 0 Å². The standard InChI is InChI=1S/C25H20N4OS/c1-17-11-13-18(14-12-17)24-27-28-25(29(24)20-7-3-2-4-8-20)31-16-19-15-23(30)26-22-10-6-5-9-21(19)22/h2-15H,16H2,1H3,(H,26,30). The highest BCUT2D eigenvalue weighted by atomic mass is 32.2. The monoisotopic (exact) mass is 424 g/mol. The minimum atomic E-state index is -0.0980. The van der Waals surface area contributed by atoms with Crippen molar-refractivity contribution in [1.29, 1.82) is 0 Å². The molecule has 0 aliphatic carbocycles. The number of hydrogen-bond acceptors (Lipinski definition) is 4. The smallest absolute Gasteiger partial charge is 0.248 e. The Kier molecular flexibility index (Phi) is 5.14. The lowest BCUT2D eigenvalue weighted by atomic mass is 10.1. The van der Waals surface area contributed by atoms with Gasteiger partial charge in [-0.05, 0) is 30.7 Å². The van der Waals surface area contributed by atoms with E-state index in [4.69, 9.17) is 0 Å². The molecule has 0 saturated carbocycles. The largest absolute Gasteiger partial charge is 0.322 e. The number of aryl methyl sites for hydroxylation is 1. The second-order valence-corrected chi connectivity index (χ2v) is 8.28. The summed E-state index contributed by atoms with van der Waals surface area (Å²) in [6.45, 7) is 2.07. The van der Waals surface area contributed by atoms with Crippen LogP contribution in [-0.2, 0) is 5.75 Å². The number of nitrogens with zero attached hydrogens (tertiary/aromatic N) is 3. The molecule has 3 aromatic carbocycles. The average Bonchev–Trinajstić information content (AvgIpc) is 3.22. The number of rotatable bonds is 5. The number of H-pyrrole nitrogens is 1. The third-order valence-electron chi connectivity index (χ3n) is 5.15. The molecule has 0 spiro atoms. The van der Waals surface area contributed by atoms with Gasteiger partial charge in [0.15, 0.2) is 11.0 Å². The Balaban J connectivity index is 1.56. The Labute approximate surface area is 183 Å². The highest BCUT2D eigenvalue weighted by molar-refractivity contribution is 7.98. The van der Waals surface area contributed by atoms with Crippen LogP contribution in [0.15, 0.2) is 94.9 Å². The van der Waals surface area contributed by atoms with E-state index in [0.29, 0.717) is 5.75 Å². The molecule has 152 valence electrons. The minimum Gasteiger partial charge on any atom is -0.322 e. The van der Waals surface area contributed by atoms with Crippen molar-refractivity contribution in [2.24, 2.45) is 0 Å². The highest BCUT2D eigenvalue weighted by Gasteiger charge is 2.16. The Morgan fingerprint density at radius 2 is 1.65 bits per heavy atom. The summed E-state index contributed by atoms with van der Waals surface area (Å²) < 4.78 is 2.07. The van der Waals surface area contributed by atoms with Gasteiger partial charge in [-0.25, -0.2) is 0 Å². The number of hydrogen-bond donors (Lipinski definition) is 1. The lowest BCUT2D eigenvalue weighted by Gasteiger charge is -2.11. The molecule has 5 nitrogen and oxygen atoms in total. The first-order chi connectivity index (χ1) is 15.2. The third-order valence-corrected chi connectivity index (χ3v) is 6.13. The van der Waals surface area contributed by atoms with Gasteiger partial charge in [-0.1, -0.05) is 78.0 Å². The molecular formula is C25H20N4OS. The van der Waals surface area contributed by atoms with Gasteiger partial charge in [0, 0.05) is 34.0 Å². The van der Waals surface area contributed by atoms with E-state index in [1.165, 1.54) is 5.56 Å². The number of aromatic amines is 1. The summed E-state index contributed by atoms with van der Waals surface area (Å²) in [5, 5.41) is 10.8. The van der Waals surface area contributed by atoms with Crippen molar-refractivity contribution < 1.29 is 0 Å². The van der Waals surface area contributed by atoms with Crippen LogP contribution in [-0.4, -0.2) is 19.7 Å². The molecule has 0 unspecified atom stereocenters. The number of nitrogens with one attached hydrogen (secondary N) is 1. The quantitative estimate of drug-likeness (QED) is 0.385. The maximum atomic E-state index is 12.1. The zero-order valence-corrected chi connectivity index (χ0v) is 17.8. The Morgan fingerprint density at radius 3 is 2.45 bits per heavy atom. The lowest BCUT2D eigenvalue weighted by Crippen LogP contribution is -2.06. The van der Waals surface area contributed by atoms with Crippen LogP contribution in [0.5, 0.6) is 0 Å². The van der Waals surface area contributed by atoms with Crippen molar-refractivity contribution in [2.75, 3.05) is 0 Å². The Bertz CT molecular complexity index is 1410. The molecule has 0 bridgehead atoms. The summed E-state index contributed by atoms with van der Waals surface area (Å²) in [7, 11) is 0. The van der Waals surface area contributed by atoms with Crippen molar-refractivity contribution >= 4 is 22.7 Å². The average molecular weight is 425 g/mol. The summed E-state index contributed by atoms with van der Waals surface area (Å²) in [5.41, 5.74) is 4.93. The molecule has 2 heterocycles. The maximum absolute atomic E-state index is 12.1. The molecule has 6 heteroatoms. The van der Waals surface area contributed by atoms with E-state index < -0.39 is 0 Å². The summed E-state index contributed by atoms with van der Waals surface area (Å²) in [4.78, 5) is 15.0. The fourth-order valence-corrected chi connectivity index (χ4v) is 4.54. The maximum Gasteiger partial charge on any atom is 0.248 e. The third kappa shape index (κ3) is 3.90. The van der Waals surface area contributed by atoms with Crippen LogP contribution in [0.25, 0.3) is 28.0 Å². The molecule has 0 aliphatic heterocycles. The number of aromatic nitrogens is 4. The molecule has 0 fully saturated rings. The number of benzene rings is 3. The van der Waals surface area contributed by atoms with Gasteiger partial charge < -0.3 is 4.98 Å². The molecule has 0 atom stereocenters. The van der Waals surface area contributed by atoms with Crippen molar-refractivity contribution in [3.05, 3.63) is 106 Å². The van der Waals surface area contributed by atoms with Crippen molar-refractivity contribution in [3.8, 4) is 17.1 Å². The van der Waals surface area contributed by atoms with E-state index >= 15 is 0 Å². The van der Waals surface area contributed by atoms with Gasteiger partial charge in [0.1, 0.15) is 0 Å². The van der Waals surface area contributed by atoms with Crippen LogP contribution in [0.1, 0.15) is 11.1 Å². The van der Waals surface area contributed by atoms with Crippen LogP contribution in [0.2, 0.25) is 0 Å². The second-order valence-electron chi connectivity index (χ2n) is 7.34. The summed E-state index contributed by atoms with van der Waals surface area (Å²) in [6.07, 6.45) is 0. The molecule has 0 aliphatic rings. The Morgan fingerprint density at radius 1 is 0.903 bits per heavy atom. The lowest BCUT2D eigenvalue weighted by molar-refractivity contribution is 0.886. The summed E-state index contributed by atoms with van der Waals surface area (Å²) >= 11 is 1.57. The number of fused-ring (bicyclic) bond motifs is 1. The predicted octanol–water partition coefficient (Wildman–Crippen LogP) is 5.38. The van der Waals surface area contributed by atoms with Gasteiger partial charge in [-0.3, -0.25) is 9.36 Å². The first-order valence-corrected chi connectivity index (χ1v) is 11.0. The van der Waals surface area contributed by atoms with Crippen LogP contribution in [0.4, 0.5) is 0 Å². The minimum absolute atomic E-state index is 0.0980. The zero-order chi connectivity index (χ0) is 21.2. The number of thioether (sulfide) groups is 1. The molecule has 2 aromatic heterocycles. The van der Waals surface area contributed by atoms with Crippen molar-refractivity contribution in [1.82, 2.24) is 19.7 Å². The van der Waals surface area contributed by atoms with Gasteiger partial charge in [0.05, 0.1) is 0 Å². The highest BCUT2D eigenvalue weighted by Crippen LogP contribution is 2.31. The van der Waals surface area contributed by atoms with E-state index in [1.54, 1.807) is 17.8 Å². The van der Waals surface area contributed by atoms with Gasteiger partial charge in [-0.15, -0.1) is 10.2 Å². The number of para-hydroxylation sites is 2. The van der Waals surface area contributed by atoms with Gasteiger partial charge >= 0.3 is 0 Å². The Hall–Kier alpha value is -3.64. The van der Waals surface area contributed by atoms with E-state index in [2.05, 4.69) is 50.9 Å². The molecule has 0 amide bonds. The molecule has 5 aromatic rings. The molecule has 5 rings (SSSR count). The first kappa shape index (κ1) is 19.3. The zero-order valence-electron chi connectivity index (χ0n) is 16.9. The van der Waals surface area contributed by atoms with E-state index in [-0.39, 0.29) is 5.56 Å². The molecular weight excluding hydrogens is 404 g/mol. The first-order valence-electron chi connectivity index (χ1n) is 10.0. The molecule has 31 heavy (non-hydrogen) atoms. The molecule has 1 N–H and O–H groups in total. The van der Waals surface area contributed by atoms with Gasteiger partial charge in [-0.2, -0.15) is 0 Å². The van der Waals surface area contributed by atoms with Crippen LogP contribution in [0.3, 0.4) is 0 Å². The topological polar surface area (TPSA) is 63.6 Å². The predicted molar refractivity (Wildman–Crippen MR) is 126 cm³/mol. The van der Waals surface area contributed by atoms with E-state index in [9.17, 15) is 4.79 Å². The van der Waals surface area contributed by atoms with Crippen LogP contribution >= 0.6 is 11.8 Å².